The lowest BCUT2D eigenvalue weighted by Crippen LogP contribution is -2.35. The number of hydrogen-bond acceptors (Lipinski definition) is 2. The van der Waals surface area contributed by atoms with Crippen LogP contribution in [0.3, 0.4) is 0 Å². The normalized spacial score (nSPS) is 24.2. The summed E-state index contributed by atoms with van der Waals surface area (Å²) in [5.74, 6) is 2.75. The third kappa shape index (κ3) is 2.54. The lowest BCUT2D eigenvalue weighted by atomic mass is 9.84. The van der Waals surface area contributed by atoms with E-state index in [4.69, 9.17) is 4.74 Å². The number of para-hydroxylation sites is 1. The SMILES string of the molecule is CNC(CCC1CC1)C1CCOc2ccccc21. The topological polar surface area (TPSA) is 21.3 Å². The van der Waals surface area contributed by atoms with E-state index in [2.05, 4.69) is 36.6 Å². The second-order valence-corrected chi connectivity index (χ2v) is 5.70. The molecule has 0 radical (unpaired) electrons. The summed E-state index contributed by atoms with van der Waals surface area (Å²) >= 11 is 0. The fraction of sp³-hybridized carbons (Fsp3) is 0.625. The predicted octanol–water partition coefficient (Wildman–Crippen LogP) is 3.33. The lowest BCUT2D eigenvalue weighted by Gasteiger charge is -2.32. The van der Waals surface area contributed by atoms with Crippen molar-refractivity contribution in [3.63, 3.8) is 0 Å². The van der Waals surface area contributed by atoms with Gasteiger partial charge in [0.15, 0.2) is 0 Å². The lowest BCUT2D eigenvalue weighted by molar-refractivity contribution is 0.243. The van der Waals surface area contributed by atoms with Gasteiger partial charge in [-0.25, -0.2) is 0 Å². The van der Waals surface area contributed by atoms with Crippen LogP contribution in [0.25, 0.3) is 0 Å². The Bertz CT molecular complexity index is 400. The molecule has 1 heterocycles. The maximum absolute atomic E-state index is 5.76. The molecule has 0 spiro atoms. The van der Waals surface area contributed by atoms with E-state index in [0.717, 1.165) is 24.7 Å². The Balaban J connectivity index is 1.73. The zero-order valence-electron chi connectivity index (χ0n) is 11.2. The third-order valence-electron chi connectivity index (χ3n) is 4.44. The summed E-state index contributed by atoms with van der Waals surface area (Å²) in [5, 5.41) is 3.54. The Hall–Kier alpha value is -1.02. The second kappa shape index (κ2) is 5.31. The second-order valence-electron chi connectivity index (χ2n) is 5.70. The smallest absolute Gasteiger partial charge is 0.122 e. The molecule has 0 aromatic heterocycles. The molecule has 1 fully saturated rings. The van der Waals surface area contributed by atoms with Crippen molar-refractivity contribution < 1.29 is 4.74 Å². The molecule has 18 heavy (non-hydrogen) atoms. The van der Waals surface area contributed by atoms with Crippen LogP contribution in [0.15, 0.2) is 24.3 Å². The van der Waals surface area contributed by atoms with Crippen LogP contribution in [0.4, 0.5) is 0 Å². The van der Waals surface area contributed by atoms with Crippen LogP contribution in [-0.4, -0.2) is 19.7 Å². The molecular formula is C16H23NO. The summed E-state index contributed by atoms with van der Waals surface area (Å²) in [4.78, 5) is 0. The fourth-order valence-electron chi connectivity index (χ4n) is 3.16. The Kier molecular flexibility index (Phi) is 3.55. The molecule has 2 nitrogen and oxygen atoms in total. The van der Waals surface area contributed by atoms with E-state index in [0.29, 0.717) is 12.0 Å². The molecule has 0 saturated heterocycles. The molecule has 0 bridgehead atoms. The van der Waals surface area contributed by atoms with Gasteiger partial charge in [-0.3, -0.25) is 0 Å². The number of likely N-dealkylation sites (N-methyl/N-ethyl adjacent to an activating group) is 1. The highest BCUT2D eigenvalue weighted by Crippen LogP contribution is 2.39. The van der Waals surface area contributed by atoms with E-state index in [1.807, 2.05) is 0 Å². The molecule has 2 unspecified atom stereocenters. The van der Waals surface area contributed by atoms with E-state index in [9.17, 15) is 0 Å². The van der Waals surface area contributed by atoms with Crippen molar-refractivity contribution in [1.29, 1.82) is 0 Å². The number of ether oxygens (including phenoxy) is 1. The minimum Gasteiger partial charge on any atom is -0.493 e. The highest BCUT2D eigenvalue weighted by molar-refractivity contribution is 5.38. The van der Waals surface area contributed by atoms with Crippen LogP contribution in [0.1, 0.15) is 43.6 Å². The van der Waals surface area contributed by atoms with Crippen molar-refractivity contribution in [2.75, 3.05) is 13.7 Å². The molecule has 98 valence electrons. The molecule has 2 aliphatic rings. The number of rotatable bonds is 5. The van der Waals surface area contributed by atoms with Crippen LogP contribution >= 0.6 is 0 Å². The molecule has 1 aromatic carbocycles. The Labute approximate surface area is 110 Å². The van der Waals surface area contributed by atoms with Crippen LogP contribution in [0, 0.1) is 5.92 Å². The van der Waals surface area contributed by atoms with E-state index >= 15 is 0 Å². The van der Waals surface area contributed by atoms with Crippen molar-refractivity contribution in [2.24, 2.45) is 5.92 Å². The van der Waals surface area contributed by atoms with Gasteiger partial charge >= 0.3 is 0 Å². The van der Waals surface area contributed by atoms with Gasteiger partial charge in [-0.05, 0) is 43.9 Å². The number of benzene rings is 1. The zero-order chi connectivity index (χ0) is 12.4. The summed E-state index contributed by atoms with van der Waals surface area (Å²) in [6.45, 7) is 0.864. The van der Waals surface area contributed by atoms with E-state index in [1.165, 1.54) is 31.2 Å². The third-order valence-corrected chi connectivity index (χ3v) is 4.44. The van der Waals surface area contributed by atoms with Gasteiger partial charge in [0, 0.05) is 12.0 Å². The Morgan fingerprint density at radius 1 is 1.28 bits per heavy atom. The van der Waals surface area contributed by atoms with Crippen LogP contribution in [-0.2, 0) is 0 Å². The molecule has 1 aliphatic carbocycles. The van der Waals surface area contributed by atoms with Gasteiger partial charge in [0.25, 0.3) is 0 Å². The molecule has 1 saturated carbocycles. The minimum absolute atomic E-state index is 0.607. The van der Waals surface area contributed by atoms with Crippen LogP contribution in [0.2, 0.25) is 0 Å². The molecule has 1 N–H and O–H groups in total. The summed E-state index contributed by atoms with van der Waals surface area (Å²) in [5.41, 5.74) is 1.40. The Morgan fingerprint density at radius 3 is 2.89 bits per heavy atom. The van der Waals surface area contributed by atoms with Crippen molar-refractivity contribution in [1.82, 2.24) is 5.32 Å². The maximum Gasteiger partial charge on any atom is 0.122 e. The van der Waals surface area contributed by atoms with Crippen LogP contribution in [0.5, 0.6) is 5.75 Å². The average molecular weight is 245 g/mol. The van der Waals surface area contributed by atoms with Gasteiger partial charge in [0.05, 0.1) is 6.61 Å². The standard InChI is InChI=1S/C16H23NO/c1-17-15(9-8-12-6-7-12)13-10-11-18-16-5-3-2-4-14(13)16/h2-5,12-13,15,17H,6-11H2,1H3. The minimum atomic E-state index is 0.607. The van der Waals surface area contributed by atoms with Crippen molar-refractivity contribution in [2.45, 2.75) is 44.1 Å². The largest absolute Gasteiger partial charge is 0.493 e. The number of nitrogens with one attached hydrogen (secondary N) is 1. The van der Waals surface area contributed by atoms with Gasteiger partial charge in [-0.1, -0.05) is 31.0 Å². The maximum atomic E-state index is 5.76. The summed E-state index contributed by atoms with van der Waals surface area (Å²) in [6, 6.07) is 9.15. The quantitative estimate of drug-likeness (QED) is 0.859. The molecular weight excluding hydrogens is 222 g/mol. The van der Waals surface area contributed by atoms with Gasteiger partial charge in [0.2, 0.25) is 0 Å². The van der Waals surface area contributed by atoms with E-state index < -0.39 is 0 Å². The summed E-state index contributed by atoms with van der Waals surface area (Å²) in [6.07, 6.45) is 6.76. The molecule has 0 amide bonds. The van der Waals surface area contributed by atoms with Gasteiger partial charge in [-0.2, -0.15) is 0 Å². The first kappa shape index (κ1) is 12.0. The van der Waals surface area contributed by atoms with Crippen molar-refractivity contribution in [3.8, 4) is 5.75 Å². The van der Waals surface area contributed by atoms with Gasteiger partial charge in [-0.15, -0.1) is 0 Å². The number of fused-ring (bicyclic) bond motifs is 1. The zero-order valence-corrected chi connectivity index (χ0v) is 11.2. The number of hydrogen-bond donors (Lipinski definition) is 1. The molecule has 2 atom stereocenters. The summed E-state index contributed by atoms with van der Waals surface area (Å²) < 4.78 is 5.76. The molecule has 1 aromatic rings. The van der Waals surface area contributed by atoms with E-state index in [1.54, 1.807) is 0 Å². The van der Waals surface area contributed by atoms with Crippen molar-refractivity contribution >= 4 is 0 Å². The monoisotopic (exact) mass is 245 g/mol. The first-order chi connectivity index (χ1) is 8.88. The first-order valence-corrected chi connectivity index (χ1v) is 7.27. The fourth-order valence-corrected chi connectivity index (χ4v) is 3.16. The highest BCUT2D eigenvalue weighted by atomic mass is 16.5. The van der Waals surface area contributed by atoms with E-state index in [-0.39, 0.29) is 0 Å². The highest BCUT2D eigenvalue weighted by Gasteiger charge is 2.29. The van der Waals surface area contributed by atoms with Gasteiger partial charge < -0.3 is 10.1 Å². The summed E-state index contributed by atoms with van der Waals surface area (Å²) in [7, 11) is 2.11. The molecule has 1 aliphatic heterocycles. The Morgan fingerprint density at radius 2 is 2.11 bits per heavy atom. The molecule has 2 heteroatoms. The predicted molar refractivity (Wildman–Crippen MR) is 74.1 cm³/mol. The average Bonchev–Trinajstić information content (AvgIpc) is 3.24. The van der Waals surface area contributed by atoms with Crippen molar-refractivity contribution in [3.05, 3.63) is 29.8 Å². The molecule has 3 rings (SSSR count). The van der Waals surface area contributed by atoms with Crippen LogP contribution < -0.4 is 10.1 Å². The first-order valence-electron chi connectivity index (χ1n) is 7.27. The van der Waals surface area contributed by atoms with Gasteiger partial charge in [0.1, 0.15) is 5.75 Å².